The smallest absolute Gasteiger partial charge is 0.123 e. The summed E-state index contributed by atoms with van der Waals surface area (Å²) in [4.78, 5) is 0. The molecule has 0 bridgehead atoms. The first-order valence-corrected chi connectivity index (χ1v) is 4.26. The maximum atomic E-state index is 12.7. The number of aryl methyl sites for hydroxylation is 1. The molecule has 1 aromatic rings. The Morgan fingerprint density at radius 3 is 2.92 bits per heavy atom. The van der Waals surface area contributed by atoms with Gasteiger partial charge < -0.3 is 0 Å². The van der Waals surface area contributed by atoms with Gasteiger partial charge in [0.15, 0.2) is 0 Å². The molecule has 0 aliphatic heterocycles. The molecule has 1 rings (SSSR count). The summed E-state index contributed by atoms with van der Waals surface area (Å²) in [6, 6.07) is 4.70. The van der Waals surface area contributed by atoms with Gasteiger partial charge in [0, 0.05) is 5.88 Å². The molecule has 0 spiro atoms. The zero-order valence-corrected chi connectivity index (χ0v) is 7.61. The first kappa shape index (κ1) is 9.27. The first-order valence-electron chi connectivity index (χ1n) is 3.72. The van der Waals surface area contributed by atoms with Crippen LogP contribution in [-0.2, 0) is 0 Å². The second-order valence-corrected chi connectivity index (χ2v) is 2.87. The van der Waals surface area contributed by atoms with Crippen LogP contribution in [0.3, 0.4) is 0 Å². The Balaban J connectivity index is 2.97. The second kappa shape index (κ2) is 4.27. The van der Waals surface area contributed by atoms with Crippen LogP contribution in [0.2, 0.25) is 0 Å². The normalized spacial score (nSPS) is 10.9. The molecule has 0 radical (unpaired) electrons. The largest absolute Gasteiger partial charge is 0.207 e. The van der Waals surface area contributed by atoms with Crippen LogP contribution in [0.25, 0.3) is 6.08 Å². The van der Waals surface area contributed by atoms with E-state index in [1.165, 1.54) is 12.1 Å². The molecule has 2 heteroatoms. The van der Waals surface area contributed by atoms with Gasteiger partial charge in [-0.25, -0.2) is 4.39 Å². The molecule has 0 unspecified atom stereocenters. The van der Waals surface area contributed by atoms with E-state index < -0.39 is 0 Å². The van der Waals surface area contributed by atoms with Crippen LogP contribution in [0, 0.1) is 12.7 Å². The van der Waals surface area contributed by atoms with Crippen molar-refractivity contribution < 1.29 is 4.39 Å². The standard InChI is InChI=1S/C10H10ClF/c1-8-4-5-10(12)7-9(8)3-2-6-11/h2-5,7H,6H2,1H3. The average Bonchev–Trinajstić information content (AvgIpc) is 2.07. The highest BCUT2D eigenvalue weighted by Crippen LogP contribution is 2.11. The van der Waals surface area contributed by atoms with Crippen molar-refractivity contribution in [1.29, 1.82) is 0 Å². The minimum absolute atomic E-state index is 0.213. The molecule has 0 heterocycles. The van der Waals surface area contributed by atoms with Gasteiger partial charge in [0.05, 0.1) is 0 Å². The fourth-order valence-corrected chi connectivity index (χ4v) is 1.05. The molecule has 0 aliphatic carbocycles. The molecule has 0 fully saturated rings. The van der Waals surface area contributed by atoms with E-state index >= 15 is 0 Å². The number of allylic oxidation sites excluding steroid dienone is 1. The Morgan fingerprint density at radius 1 is 1.50 bits per heavy atom. The lowest BCUT2D eigenvalue weighted by atomic mass is 10.1. The molecule has 64 valence electrons. The Hall–Kier alpha value is -0.820. The lowest BCUT2D eigenvalue weighted by Gasteiger charge is -1.98. The molecule has 0 aromatic heterocycles. The highest BCUT2D eigenvalue weighted by molar-refractivity contribution is 6.19. The predicted octanol–water partition coefficient (Wildman–Crippen LogP) is 3.39. The van der Waals surface area contributed by atoms with Gasteiger partial charge in [-0.15, -0.1) is 11.6 Å². The first-order chi connectivity index (χ1) is 5.74. The van der Waals surface area contributed by atoms with E-state index in [9.17, 15) is 4.39 Å². The van der Waals surface area contributed by atoms with E-state index in [0.717, 1.165) is 11.1 Å². The number of rotatable bonds is 2. The van der Waals surface area contributed by atoms with Crippen LogP contribution in [0.15, 0.2) is 24.3 Å². The monoisotopic (exact) mass is 184 g/mol. The van der Waals surface area contributed by atoms with Crippen molar-refractivity contribution in [1.82, 2.24) is 0 Å². The summed E-state index contributed by atoms with van der Waals surface area (Å²) in [5.74, 6) is 0.241. The Morgan fingerprint density at radius 2 is 2.25 bits per heavy atom. The molecular formula is C10H10ClF. The topological polar surface area (TPSA) is 0 Å². The van der Waals surface area contributed by atoms with Crippen LogP contribution < -0.4 is 0 Å². The summed E-state index contributed by atoms with van der Waals surface area (Å²) in [5, 5.41) is 0. The van der Waals surface area contributed by atoms with Gasteiger partial charge in [0.2, 0.25) is 0 Å². The molecule has 0 amide bonds. The van der Waals surface area contributed by atoms with E-state index in [0.29, 0.717) is 5.88 Å². The molecule has 0 nitrogen and oxygen atoms in total. The number of hydrogen-bond acceptors (Lipinski definition) is 0. The molecule has 0 saturated heterocycles. The van der Waals surface area contributed by atoms with Crippen molar-refractivity contribution in [2.45, 2.75) is 6.92 Å². The summed E-state index contributed by atoms with van der Waals surface area (Å²) in [6.07, 6.45) is 3.62. The molecule has 0 N–H and O–H groups in total. The third-order valence-electron chi connectivity index (χ3n) is 1.63. The number of benzene rings is 1. The second-order valence-electron chi connectivity index (χ2n) is 2.56. The van der Waals surface area contributed by atoms with Crippen LogP contribution in [0.4, 0.5) is 4.39 Å². The van der Waals surface area contributed by atoms with Crippen LogP contribution in [0.1, 0.15) is 11.1 Å². The van der Waals surface area contributed by atoms with Crippen LogP contribution >= 0.6 is 11.6 Å². The summed E-state index contributed by atoms with van der Waals surface area (Å²) in [6.45, 7) is 1.94. The van der Waals surface area contributed by atoms with Gasteiger partial charge >= 0.3 is 0 Å². The number of halogens is 2. The van der Waals surface area contributed by atoms with E-state index in [1.807, 2.05) is 13.0 Å². The van der Waals surface area contributed by atoms with Gasteiger partial charge in [-0.1, -0.05) is 18.2 Å². The SMILES string of the molecule is Cc1ccc(F)cc1C=CCCl. The lowest BCUT2D eigenvalue weighted by Crippen LogP contribution is -1.82. The maximum Gasteiger partial charge on any atom is 0.123 e. The third-order valence-corrected chi connectivity index (χ3v) is 1.81. The molecule has 0 saturated carbocycles. The summed E-state index contributed by atoms with van der Waals surface area (Å²) in [5.41, 5.74) is 1.94. The van der Waals surface area contributed by atoms with E-state index in [4.69, 9.17) is 11.6 Å². The lowest BCUT2D eigenvalue weighted by molar-refractivity contribution is 0.627. The van der Waals surface area contributed by atoms with Crippen LogP contribution in [0.5, 0.6) is 0 Å². The van der Waals surface area contributed by atoms with Crippen LogP contribution in [-0.4, -0.2) is 5.88 Å². The average molecular weight is 185 g/mol. The van der Waals surface area contributed by atoms with Crippen molar-refractivity contribution in [2.75, 3.05) is 5.88 Å². The Kier molecular flexibility index (Phi) is 3.30. The Bertz CT molecular complexity index is 292. The number of hydrogen-bond donors (Lipinski definition) is 0. The van der Waals surface area contributed by atoms with Crippen molar-refractivity contribution in [3.05, 3.63) is 41.2 Å². The zero-order valence-electron chi connectivity index (χ0n) is 6.85. The number of alkyl halides is 1. The van der Waals surface area contributed by atoms with E-state index in [2.05, 4.69) is 0 Å². The molecule has 0 aliphatic rings. The van der Waals surface area contributed by atoms with Crippen molar-refractivity contribution in [3.63, 3.8) is 0 Å². The van der Waals surface area contributed by atoms with Crippen molar-refractivity contribution >= 4 is 17.7 Å². The highest BCUT2D eigenvalue weighted by Gasteiger charge is 1.95. The predicted molar refractivity (Wildman–Crippen MR) is 50.9 cm³/mol. The van der Waals surface area contributed by atoms with Gasteiger partial charge in [0.1, 0.15) is 5.82 Å². The molecule has 12 heavy (non-hydrogen) atoms. The fraction of sp³-hybridized carbons (Fsp3) is 0.200. The van der Waals surface area contributed by atoms with Gasteiger partial charge in [-0.3, -0.25) is 0 Å². The molecule has 0 atom stereocenters. The minimum atomic E-state index is -0.213. The third kappa shape index (κ3) is 2.35. The van der Waals surface area contributed by atoms with Gasteiger partial charge in [0.25, 0.3) is 0 Å². The van der Waals surface area contributed by atoms with Crippen molar-refractivity contribution in [2.24, 2.45) is 0 Å². The highest BCUT2D eigenvalue weighted by atomic mass is 35.5. The summed E-state index contributed by atoms with van der Waals surface area (Å²) >= 11 is 5.46. The summed E-state index contributed by atoms with van der Waals surface area (Å²) < 4.78 is 12.7. The molecular weight excluding hydrogens is 175 g/mol. The fourth-order valence-electron chi connectivity index (χ4n) is 0.962. The summed E-state index contributed by atoms with van der Waals surface area (Å²) in [7, 11) is 0. The van der Waals surface area contributed by atoms with E-state index in [-0.39, 0.29) is 5.82 Å². The minimum Gasteiger partial charge on any atom is -0.207 e. The quantitative estimate of drug-likeness (QED) is 0.619. The zero-order chi connectivity index (χ0) is 8.97. The maximum absolute atomic E-state index is 12.7. The van der Waals surface area contributed by atoms with E-state index in [1.54, 1.807) is 12.1 Å². The van der Waals surface area contributed by atoms with Gasteiger partial charge in [-0.05, 0) is 30.2 Å². The van der Waals surface area contributed by atoms with Gasteiger partial charge in [-0.2, -0.15) is 0 Å². The molecule has 1 aromatic carbocycles. The Labute approximate surface area is 76.7 Å². The van der Waals surface area contributed by atoms with Crippen molar-refractivity contribution in [3.8, 4) is 0 Å².